The highest BCUT2D eigenvalue weighted by Crippen LogP contribution is 2.12. The molecule has 0 aromatic heterocycles. The molecule has 0 aliphatic rings. The number of amides is 11. The van der Waals surface area contributed by atoms with E-state index in [-0.39, 0.29) is 84.1 Å². The molecule has 1 aromatic carbocycles. The van der Waals surface area contributed by atoms with Crippen molar-refractivity contribution in [3.8, 4) is 0 Å². The Morgan fingerprint density at radius 3 is 1.43 bits per heavy atom. The van der Waals surface area contributed by atoms with Crippen LogP contribution in [0.3, 0.4) is 0 Å². The molecule has 1 aromatic rings. The Labute approximate surface area is 505 Å². The van der Waals surface area contributed by atoms with Gasteiger partial charge in [-0.15, -0.1) is 0 Å². The van der Waals surface area contributed by atoms with Crippen molar-refractivity contribution in [3.05, 3.63) is 35.9 Å². The lowest BCUT2D eigenvalue weighted by Gasteiger charge is -2.28. The van der Waals surface area contributed by atoms with Gasteiger partial charge in [-0.25, -0.2) is 4.99 Å². The van der Waals surface area contributed by atoms with Crippen molar-refractivity contribution in [3.63, 3.8) is 0 Å². The summed E-state index contributed by atoms with van der Waals surface area (Å²) in [5.41, 5.74) is 29.7. The molecule has 29 nitrogen and oxygen atoms in total. The van der Waals surface area contributed by atoms with Crippen LogP contribution in [0.15, 0.2) is 35.3 Å². The van der Waals surface area contributed by atoms with E-state index >= 15 is 0 Å². The first-order valence-electron chi connectivity index (χ1n) is 30.0. The first-order valence-corrected chi connectivity index (χ1v) is 30.0. The van der Waals surface area contributed by atoms with Crippen molar-refractivity contribution in [1.29, 1.82) is 0 Å². The van der Waals surface area contributed by atoms with Gasteiger partial charge in [-0.1, -0.05) is 89.6 Å². The molecule has 0 spiro atoms. The summed E-state index contributed by atoms with van der Waals surface area (Å²) in [5.74, 6) is -9.13. The van der Waals surface area contributed by atoms with Crippen LogP contribution in [0.5, 0.6) is 0 Å². The first kappa shape index (κ1) is 77.0. The predicted molar refractivity (Wildman–Crippen MR) is 326 cm³/mol. The molecule has 11 amide bonds. The molecular weight excluding hydrogens is 1110 g/mol. The van der Waals surface area contributed by atoms with Crippen molar-refractivity contribution in [1.82, 2.24) is 58.5 Å². The zero-order chi connectivity index (χ0) is 64.6. The summed E-state index contributed by atoms with van der Waals surface area (Å²) >= 11 is 0. The third-order valence-corrected chi connectivity index (χ3v) is 13.9. The second-order valence-corrected chi connectivity index (χ2v) is 21.0. The number of aliphatic hydroxyl groups excluding tert-OH is 1. The van der Waals surface area contributed by atoms with Crippen LogP contribution in [0, 0.1) is 5.92 Å². The standard InChI is InChI=1S/C57H101N17O12/c1-7-10-11-12-13-17-20-39(52(81)71-43(24-29-61)54(83)72-44(25-30-62)55(84)74-47(36(5)75)57(86)64-31-8-2)70-56(85)45(32-37-18-15-14-16-19-37)73-53(82)42(23-28-60)67-46(76)34-66-51(80)41(22-27-59)69-49(78)38(9-3)33-65-50(79)40(21-26-58)68-48(77)35(4)63-6/h14-16,18-19,33,35-36,38-45,47,63,75H,7-13,17,20-32,34,58-62H2,1-6H3,(H,64,86)(H,66,80)(H,67,76)(H,68,77)(H,69,78)(H,70,85)(H,71,81)(H,72,83)(H,73,82)(H,74,84)/t35-,36+,38?,39-,40-,41-,42-,43-,44-,45+,47-/m0/s1. The molecule has 0 bridgehead atoms. The predicted octanol–water partition coefficient (Wildman–Crippen LogP) is -4.14. The van der Waals surface area contributed by atoms with E-state index in [4.69, 9.17) is 28.7 Å². The molecule has 0 aliphatic carbocycles. The zero-order valence-electron chi connectivity index (χ0n) is 51.1. The van der Waals surface area contributed by atoms with Gasteiger partial charge in [0.15, 0.2) is 0 Å². The summed E-state index contributed by atoms with van der Waals surface area (Å²) in [6.45, 7) is 7.86. The lowest BCUT2D eigenvalue weighted by molar-refractivity contribution is -0.136. The van der Waals surface area contributed by atoms with Gasteiger partial charge in [0.2, 0.25) is 59.1 Å². The Bertz CT molecular complexity index is 2300. The molecule has 486 valence electrons. The summed E-state index contributed by atoms with van der Waals surface area (Å²) in [5, 5.41) is 39.1. The number of rotatable bonds is 45. The Kier molecular flexibility index (Phi) is 39.8. The molecule has 86 heavy (non-hydrogen) atoms. The van der Waals surface area contributed by atoms with Gasteiger partial charge < -0.3 is 92.3 Å². The number of nitrogens with zero attached hydrogens (tertiary/aromatic N) is 1. The normalized spacial score (nSPS) is 15.1. The van der Waals surface area contributed by atoms with Gasteiger partial charge in [-0.3, -0.25) is 52.7 Å². The van der Waals surface area contributed by atoms with Gasteiger partial charge in [0.1, 0.15) is 48.3 Å². The van der Waals surface area contributed by atoms with Crippen molar-refractivity contribution in [2.75, 3.05) is 52.9 Å². The average molecular weight is 1220 g/mol. The fourth-order valence-corrected chi connectivity index (χ4v) is 8.58. The number of likely N-dealkylation sites (N-methyl/N-ethyl adjacent to an activating group) is 1. The minimum absolute atomic E-state index is 0.0554. The van der Waals surface area contributed by atoms with Crippen LogP contribution < -0.4 is 87.2 Å². The number of hydrogen-bond acceptors (Lipinski definition) is 18. The molecule has 1 unspecified atom stereocenters. The maximum atomic E-state index is 14.5. The summed E-state index contributed by atoms with van der Waals surface area (Å²) in [4.78, 5) is 153. The summed E-state index contributed by atoms with van der Waals surface area (Å²) in [6.07, 6.45) is 5.32. The molecule has 0 fully saturated rings. The van der Waals surface area contributed by atoms with Gasteiger partial charge in [-0.2, -0.15) is 0 Å². The molecular formula is C57H101N17O12. The number of carbonyl (C=O) groups excluding carboxylic acids is 11. The van der Waals surface area contributed by atoms with Crippen LogP contribution in [0.2, 0.25) is 0 Å². The van der Waals surface area contributed by atoms with Gasteiger partial charge in [0.25, 0.3) is 5.91 Å². The molecule has 0 saturated heterocycles. The molecule has 11 atom stereocenters. The minimum Gasteiger partial charge on any atom is -0.391 e. The van der Waals surface area contributed by atoms with Crippen LogP contribution in [-0.4, -0.2) is 190 Å². The minimum atomic E-state index is -1.36. The molecule has 1 rings (SSSR count). The number of nitrogens with one attached hydrogen (secondary N) is 11. The van der Waals surface area contributed by atoms with E-state index in [2.05, 4.69) is 70.4 Å². The molecule has 0 radical (unpaired) electrons. The number of hydrogen-bond donors (Lipinski definition) is 17. The molecule has 22 N–H and O–H groups in total. The van der Waals surface area contributed by atoms with E-state index in [1.807, 2.05) is 6.92 Å². The van der Waals surface area contributed by atoms with Crippen molar-refractivity contribution in [2.24, 2.45) is 39.6 Å². The van der Waals surface area contributed by atoms with Crippen LogP contribution in [-0.2, 0) is 59.2 Å². The number of unbranched alkanes of at least 4 members (excludes halogenated alkanes) is 5. The fraction of sp³-hybridized carbons (Fsp3) is 0.684. The molecule has 0 saturated carbocycles. The average Bonchev–Trinajstić information content (AvgIpc) is 3.53. The Hall–Kier alpha value is -7.02. The van der Waals surface area contributed by atoms with E-state index in [9.17, 15) is 57.8 Å². The van der Waals surface area contributed by atoms with Crippen LogP contribution in [0.1, 0.15) is 130 Å². The summed E-state index contributed by atoms with van der Waals surface area (Å²) in [6, 6.07) is -2.16. The summed E-state index contributed by atoms with van der Waals surface area (Å²) < 4.78 is 0. The second-order valence-electron chi connectivity index (χ2n) is 21.0. The molecule has 29 heteroatoms. The monoisotopic (exact) mass is 1220 g/mol. The van der Waals surface area contributed by atoms with Crippen LogP contribution in [0.25, 0.3) is 0 Å². The number of aliphatic imine (C=N–C) groups is 1. The third kappa shape index (κ3) is 29.9. The number of nitrogens with two attached hydrogens (primary N) is 5. The zero-order valence-corrected chi connectivity index (χ0v) is 51.1. The first-order chi connectivity index (χ1) is 41.1. The van der Waals surface area contributed by atoms with Crippen LogP contribution in [0.4, 0.5) is 0 Å². The highest BCUT2D eigenvalue weighted by atomic mass is 16.3. The van der Waals surface area contributed by atoms with Gasteiger partial charge in [0.05, 0.1) is 24.6 Å². The quantitative estimate of drug-likeness (QED) is 0.0218. The Morgan fingerprint density at radius 1 is 0.488 bits per heavy atom. The third-order valence-electron chi connectivity index (χ3n) is 13.9. The van der Waals surface area contributed by atoms with Gasteiger partial charge in [0, 0.05) is 19.2 Å². The van der Waals surface area contributed by atoms with Gasteiger partial charge >= 0.3 is 0 Å². The van der Waals surface area contributed by atoms with Crippen molar-refractivity contribution in [2.45, 2.75) is 191 Å². The Morgan fingerprint density at radius 2 is 0.930 bits per heavy atom. The van der Waals surface area contributed by atoms with Crippen LogP contribution >= 0.6 is 0 Å². The van der Waals surface area contributed by atoms with E-state index in [0.29, 0.717) is 31.4 Å². The second kappa shape index (κ2) is 44.4. The molecule has 0 heterocycles. The lowest BCUT2D eigenvalue weighted by Crippen LogP contribution is -2.61. The fourth-order valence-electron chi connectivity index (χ4n) is 8.58. The largest absolute Gasteiger partial charge is 0.391 e. The number of aliphatic hydroxyl groups is 1. The summed E-state index contributed by atoms with van der Waals surface area (Å²) in [7, 11) is 1.58. The van der Waals surface area contributed by atoms with E-state index in [0.717, 1.165) is 31.9 Å². The lowest BCUT2D eigenvalue weighted by atomic mass is 10.0. The SMILES string of the molecule is CCCCCCCC[C@H](NC(=O)[C@@H](Cc1ccccc1)NC(=O)[C@H](CCN)NC(=O)CNC(=O)[C@H](CCN)NC(=O)C(C=NC(=O)[C@H](CCN)NC(=O)[C@H](C)NC)CC)C(=O)N[C@@H](CCN)C(=O)N[C@@H](CCN)C(=O)N[C@H](C(=O)NCCC)[C@@H](C)O. The maximum absolute atomic E-state index is 14.5. The van der Waals surface area contributed by atoms with E-state index < -0.39 is 138 Å². The van der Waals surface area contributed by atoms with Crippen molar-refractivity contribution >= 4 is 71.2 Å². The van der Waals surface area contributed by atoms with E-state index in [1.54, 1.807) is 51.2 Å². The molecule has 0 aliphatic heterocycles. The number of carbonyl (C=O) groups is 11. The van der Waals surface area contributed by atoms with Crippen molar-refractivity contribution < 1.29 is 57.8 Å². The Balaban J connectivity index is 3.40. The van der Waals surface area contributed by atoms with Gasteiger partial charge in [-0.05, 0) is 111 Å². The highest BCUT2D eigenvalue weighted by molar-refractivity contribution is 6.01. The smallest absolute Gasteiger partial charge is 0.267 e. The number of benzene rings is 1. The topological polar surface area (TPSA) is 483 Å². The highest BCUT2D eigenvalue weighted by Gasteiger charge is 2.35. The maximum Gasteiger partial charge on any atom is 0.267 e. The van der Waals surface area contributed by atoms with E-state index in [1.165, 1.54) is 6.92 Å².